The minimum Gasteiger partial charge on any atom is -0.334 e. The van der Waals surface area contributed by atoms with E-state index in [-0.39, 0.29) is 11.8 Å². The highest BCUT2D eigenvalue weighted by Crippen LogP contribution is 2.10. The number of carbonyl (C=O) groups excluding carboxylic acids is 1. The normalized spacial score (nSPS) is 10.2. The summed E-state index contributed by atoms with van der Waals surface area (Å²) in [6.07, 6.45) is 0. The van der Waals surface area contributed by atoms with E-state index in [1.54, 1.807) is 31.2 Å². The van der Waals surface area contributed by atoms with Gasteiger partial charge in [-0.25, -0.2) is 9.18 Å². The zero-order chi connectivity index (χ0) is 15.2. The van der Waals surface area contributed by atoms with E-state index in [2.05, 4.69) is 10.6 Å². The Morgan fingerprint density at radius 1 is 1.05 bits per heavy atom. The highest BCUT2D eigenvalue weighted by Gasteiger charge is 2.03. The van der Waals surface area contributed by atoms with E-state index in [9.17, 15) is 9.18 Å². The summed E-state index contributed by atoms with van der Waals surface area (Å²) in [5, 5.41) is 6.14. The van der Waals surface area contributed by atoms with Crippen LogP contribution in [0.3, 0.4) is 0 Å². The van der Waals surface area contributed by atoms with Crippen LogP contribution in [0, 0.1) is 12.7 Å². The van der Waals surface area contributed by atoms with Crippen LogP contribution in [-0.4, -0.2) is 6.03 Å². The fraction of sp³-hybridized carbons (Fsp3) is 0.188. The summed E-state index contributed by atoms with van der Waals surface area (Å²) in [5.74, 6) is -0.245. The molecule has 0 bridgehead atoms. The maximum atomic E-state index is 13.1. The molecule has 0 aliphatic carbocycles. The number of hydrogen-bond donors (Lipinski definition) is 2. The Kier molecular flexibility index (Phi) is 5.17. The van der Waals surface area contributed by atoms with Crippen molar-refractivity contribution in [2.24, 2.45) is 0 Å². The molecule has 2 aromatic rings. The highest BCUT2D eigenvalue weighted by molar-refractivity contribution is 6.30. The van der Waals surface area contributed by atoms with Gasteiger partial charge in [0.05, 0.1) is 0 Å². The van der Waals surface area contributed by atoms with Crippen molar-refractivity contribution in [1.29, 1.82) is 0 Å². The summed E-state index contributed by atoms with van der Waals surface area (Å²) < 4.78 is 13.1. The lowest BCUT2D eigenvalue weighted by Crippen LogP contribution is -2.34. The van der Waals surface area contributed by atoms with E-state index in [4.69, 9.17) is 11.6 Å². The van der Waals surface area contributed by atoms with E-state index >= 15 is 0 Å². The molecule has 0 saturated carbocycles. The van der Waals surface area contributed by atoms with Crippen LogP contribution in [0.4, 0.5) is 9.18 Å². The topological polar surface area (TPSA) is 41.1 Å². The van der Waals surface area contributed by atoms with Crippen LogP contribution in [0.25, 0.3) is 0 Å². The van der Waals surface area contributed by atoms with E-state index in [0.29, 0.717) is 23.7 Å². The van der Waals surface area contributed by atoms with Crippen LogP contribution in [-0.2, 0) is 13.1 Å². The molecule has 2 amide bonds. The summed E-state index contributed by atoms with van der Waals surface area (Å²) >= 11 is 5.79. The van der Waals surface area contributed by atoms with Gasteiger partial charge in [-0.2, -0.15) is 0 Å². The third-order valence-corrected chi connectivity index (χ3v) is 3.29. The number of rotatable bonds is 4. The van der Waals surface area contributed by atoms with Gasteiger partial charge >= 0.3 is 6.03 Å². The second-order valence-corrected chi connectivity index (χ2v) is 5.18. The molecular weight excluding hydrogens is 291 g/mol. The van der Waals surface area contributed by atoms with Crippen molar-refractivity contribution in [1.82, 2.24) is 10.6 Å². The Morgan fingerprint density at radius 3 is 2.24 bits per heavy atom. The molecule has 5 heteroatoms. The molecule has 0 atom stereocenters. The summed E-state index contributed by atoms with van der Waals surface area (Å²) in [6.45, 7) is 2.47. The second kappa shape index (κ2) is 7.09. The number of urea groups is 1. The van der Waals surface area contributed by atoms with Crippen molar-refractivity contribution in [2.75, 3.05) is 0 Å². The number of nitrogens with one attached hydrogen (secondary N) is 2. The molecule has 21 heavy (non-hydrogen) atoms. The first-order valence-corrected chi connectivity index (χ1v) is 6.93. The SMILES string of the molecule is Cc1cc(CNC(=O)NCc2ccc(Cl)cc2)ccc1F. The van der Waals surface area contributed by atoms with E-state index in [1.807, 2.05) is 12.1 Å². The number of amides is 2. The molecule has 0 unspecified atom stereocenters. The predicted octanol–water partition coefficient (Wildman–Crippen LogP) is 3.79. The van der Waals surface area contributed by atoms with Gasteiger partial charge in [-0.3, -0.25) is 0 Å². The summed E-state index contributed by atoms with van der Waals surface area (Å²) in [7, 11) is 0. The van der Waals surface area contributed by atoms with Crippen LogP contribution in [0.15, 0.2) is 42.5 Å². The third-order valence-electron chi connectivity index (χ3n) is 3.04. The van der Waals surface area contributed by atoms with Gasteiger partial charge in [0.25, 0.3) is 0 Å². The maximum absolute atomic E-state index is 13.1. The van der Waals surface area contributed by atoms with Crippen molar-refractivity contribution in [3.05, 3.63) is 70.0 Å². The van der Waals surface area contributed by atoms with E-state index in [1.165, 1.54) is 6.07 Å². The lowest BCUT2D eigenvalue weighted by molar-refractivity contribution is 0.240. The van der Waals surface area contributed by atoms with Gasteiger partial charge in [0, 0.05) is 18.1 Å². The van der Waals surface area contributed by atoms with E-state index in [0.717, 1.165) is 11.1 Å². The Bertz CT molecular complexity index is 629. The zero-order valence-corrected chi connectivity index (χ0v) is 12.4. The van der Waals surface area contributed by atoms with Crippen LogP contribution in [0.2, 0.25) is 5.02 Å². The molecule has 3 nitrogen and oxygen atoms in total. The molecule has 2 N–H and O–H groups in total. The van der Waals surface area contributed by atoms with Crippen molar-refractivity contribution in [3.8, 4) is 0 Å². The molecule has 2 aromatic carbocycles. The van der Waals surface area contributed by atoms with Crippen LogP contribution >= 0.6 is 11.6 Å². The summed E-state index contributed by atoms with van der Waals surface area (Å²) in [5.41, 5.74) is 2.39. The van der Waals surface area contributed by atoms with Crippen LogP contribution in [0.5, 0.6) is 0 Å². The first-order chi connectivity index (χ1) is 10.0. The van der Waals surface area contributed by atoms with Crippen LogP contribution in [0.1, 0.15) is 16.7 Å². The number of carbonyl (C=O) groups is 1. The molecule has 0 aromatic heterocycles. The molecule has 0 heterocycles. The van der Waals surface area contributed by atoms with Gasteiger partial charge in [0.15, 0.2) is 0 Å². The van der Waals surface area contributed by atoms with Gasteiger partial charge in [-0.15, -0.1) is 0 Å². The van der Waals surface area contributed by atoms with Gasteiger partial charge < -0.3 is 10.6 Å². The largest absolute Gasteiger partial charge is 0.334 e. The highest BCUT2D eigenvalue weighted by atomic mass is 35.5. The van der Waals surface area contributed by atoms with Gasteiger partial charge in [-0.1, -0.05) is 35.9 Å². The van der Waals surface area contributed by atoms with Crippen molar-refractivity contribution in [2.45, 2.75) is 20.0 Å². The minimum absolute atomic E-state index is 0.245. The monoisotopic (exact) mass is 306 g/mol. The summed E-state index contributed by atoms with van der Waals surface area (Å²) in [6, 6.07) is 11.8. The van der Waals surface area contributed by atoms with Gasteiger partial charge in [0.2, 0.25) is 0 Å². The Labute approximate surface area is 128 Å². The predicted molar refractivity (Wildman–Crippen MR) is 81.7 cm³/mol. The van der Waals surface area contributed by atoms with Crippen molar-refractivity contribution >= 4 is 17.6 Å². The molecule has 0 aliphatic heterocycles. The lowest BCUT2D eigenvalue weighted by atomic mass is 10.1. The minimum atomic E-state index is -0.271. The average Bonchev–Trinajstić information content (AvgIpc) is 2.48. The molecule has 0 fully saturated rings. The zero-order valence-electron chi connectivity index (χ0n) is 11.6. The number of benzene rings is 2. The van der Waals surface area contributed by atoms with Gasteiger partial charge in [-0.05, 0) is 41.8 Å². The molecule has 0 radical (unpaired) electrons. The molecule has 0 aliphatic rings. The van der Waals surface area contributed by atoms with Crippen molar-refractivity contribution < 1.29 is 9.18 Å². The second-order valence-electron chi connectivity index (χ2n) is 4.75. The maximum Gasteiger partial charge on any atom is 0.315 e. The number of halogens is 2. The Morgan fingerprint density at radius 2 is 1.62 bits per heavy atom. The molecule has 110 valence electrons. The Hall–Kier alpha value is -2.07. The molecule has 2 rings (SSSR count). The number of hydrogen-bond acceptors (Lipinski definition) is 1. The smallest absolute Gasteiger partial charge is 0.315 e. The van der Waals surface area contributed by atoms with E-state index < -0.39 is 0 Å². The first-order valence-electron chi connectivity index (χ1n) is 6.56. The standard InChI is InChI=1S/C16H16ClFN2O/c1-11-8-13(4-7-15(11)18)10-20-16(21)19-9-12-2-5-14(17)6-3-12/h2-8H,9-10H2,1H3,(H2,19,20,21). The fourth-order valence-electron chi connectivity index (χ4n) is 1.85. The summed E-state index contributed by atoms with van der Waals surface area (Å²) in [4.78, 5) is 11.7. The molecule has 0 saturated heterocycles. The van der Waals surface area contributed by atoms with Crippen molar-refractivity contribution in [3.63, 3.8) is 0 Å². The molecular formula is C16H16ClFN2O. The quantitative estimate of drug-likeness (QED) is 0.886. The van der Waals surface area contributed by atoms with Crippen LogP contribution < -0.4 is 10.6 Å². The Balaban J connectivity index is 1.79. The fourth-order valence-corrected chi connectivity index (χ4v) is 1.97. The third kappa shape index (κ3) is 4.76. The molecule has 0 spiro atoms. The lowest BCUT2D eigenvalue weighted by Gasteiger charge is -2.08. The first kappa shape index (κ1) is 15.3. The number of aryl methyl sites for hydroxylation is 1. The average molecular weight is 307 g/mol. The van der Waals surface area contributed by atoms with Gasteiger partial charge in [0.1, 0.15) is 5.82 Å².